The van der Waals surface area contributed by atoms with Crippen LogP contribution in [0, 0.1) is 0 Å². The van der Waals surface area contributed by atoms with E-state index in [1.54, 1.807) is 0 Å². The number of primary amides is 1. The summed E-state index contributed by atoms with van der Waals surface area (Å²) >= 11 is 0. The highest BCUT2D eigenvalue weighted by Crippen LogP contribution is 1.99. The smallest absolute Gasteiger partial charge is 0.326 e. The lowest BCUT2D eigenvalue weighted by molar-refractivity contribution is -0.139. The lowest BCUT2D eigenvalue weighted by Gasteiger charge is -2.23. The van der Waals surface area contributed by atoms with Gasteiger partial charge in [0.1, 0.15) is 6.04 Å². The number of hydrogen-bond acceptors (Lipinski definition) is 4. The second-order valence-corrected chi connectivity index (χ2v) is 5.03. The highest BCUT2D eigenvalue weighted by atomic mass is 16.4. The number of likely N-dealkylation sites (N-methyl/N-ethyl adjacent to an activating group) is 1. The average molecular weight is 302 g/mol. The standard InChI is InChI=1S/C13H26N4O4/c1-4-9(2)17(3)8-7-15-13(21)16-10(12(19)20)5-6-11(14)18/h9-10H,4-8H2,1-3H3,(H2,14,18)(H,19,20)(H2,15,16,21)/t9?,10-/m1/s1. The molecule has 0 fully saturated rings. The van der Waals surface area contributed by atoms with Gasteiger partial charge in [-0.1, -0.05) is 6.92 Å². The van der Waals surface area contributed by atoms with E-state index < -0.39 is 23.9 Å². The summed E-state index contributed by atoms with van der Waals surface area (Å²) in [5.41, 5.74) is 4.96. The van der Waals surface area contributed by atoms with Gasteiger partial charge in [0.15, 0.2) is 0 Å². The summed E-state index contributed by atoms with van der Waals surface area (Å²) < 4.78 is 0. The maximum Gasteiger partial charge on any atom is 0.326 e. The van der Waals surface area contributed by atoms with Crippen molar-refractivity contribution in [2.75, 3.05) is 20.1 Å². The molecule has 8 nitrogen and oxygen atoms in total. The Balaban J connectivity index is 4.09. The molecule has 0 spiro atoms. The SMILES string of the molecule is CCC(C)N(C)CCNC(=O)N[C@H](CCC(N)=O)C(=O)O. The molecule has 0 rings (SSSR count). The summed E-state index contributed by atoms with van der Waals surface area (Å²) in [7, 11) is 1.96. The van der Waals surface area contributed by atoms with Gasteiger partial charge in [-0.3, -0.25) is 4.79 Å². The Hall–Kier alpha value is -1.83. The number of nitrogens with one attached hydrogen (secondary N) is 2. The molecule has 0 saturated carbocycles. The third kappa shape index (κ3) is 8.85. The van der Waals surface area contributed by atoms with E-state index in [9.17, 15) is 14.4 Å². The number of carbonyl (C=O) groups is 3. The van der Waals surface area contributed by atoms with E-state index in [4.69, 9.17) is 10.8 Å². The van der Waals surface area contributed by atoms with Crippen molar-refractivity contribution in [1.82, 2.24) is 15.5 Å². The molecule has 21 heavy (non-hydrogen) atoms. The Morgan fingerprint density at radius 2 is 1.95 bits per heavy atom. The lowest BCUT2D eigenvalue weighted by atomic mass is 10.1. The highest BCUT2D eigenvalue weighted by Gasteiger charge is 2.20. The van der Waals surface area contributed by atoms with E-state index in [1.165, 1.54) is 0 Å². The van der Waals surface area contributed by atoms with Crippen LogP contribution in [0.25, 0.3) is 0 Å². The van der Waals surface area contributed by atoms with Gasteiger partial charge >= 0.3 is 12.0 Å². The van der Waals surface area contributed by atoms with Crippen molar-refractivity contribution in [2.45, 2.75) is 45.2 Å². The van der Waals surface area contributed by atoms with E-state index in [0.717, 1.165) is 6.42 Å². The van der Waals surface area contributed by atoms with Gasteiger partial charge < -0.3 is 26.4 Å². The number of aliphatic carboxylic acids is 1. The van der Waals surface area contributed by atoms with Gasteiger partial charge in [-0.25, -0.2) is 9.59 Å². The number of amides is 3. The zero-order valence-electron chi connectivity index (χ0n) is 12.9. The Bertz CT molecular complexity index is 362. The maximum absolute atomic E-state index is 11.6. The molecule has 0 aromatic carbocycles. The lowest BCUT2D eigenvalue weighted by Crippen LogP contribution is -2.48. The van der Waals surface area contributed by atoms with E-state index in [1.807, 2.05) is 7.05 Å². The minimum Gasteiger partial charge on any atom is -0.480 e. The predicted octanol–water partition coefficient (Wildman–Crippen LogP) is -0.265. The summed E-state index contributed by atoms with van der Waals surface area (Å²) in [5, 5.41) is 13.9. The van der Waals surface area contributed by atoms with Crippen molar-refractivity contribution in [3.8, 4) is 0 Å². The normalized spacial score (nSPS) is 13.5. The van der Waals surface area contributed by atoms with Crippen molar-refractivity contribution < 1.29 is 19.5 Å². The Kier molecular flexibility index (Phi) is 9.11. The number of rotatable bonds is 10. The van der Waals surface area contributed by atoms with Gasteiger partial charge in [-0.05, 0) is 26.8 Å². The molecule has 0 aliphatic rings. The van der Waals surface area contributed by atoms with Crippen LogP contribution in [-0.4, -0.2) is 60.1 Å². The second kappa shape index (κ2) is 9.98. The van der Waals surface area contributed by atoms with Crippen LogP contribution >= 0.6 is 0 Å². The number of carbonyl (C=O) groups excluding carboxylic acids is 2. The molecule has 0 radical (unpaired) electrons. The van der Waals surface area contributed by atoms with Gasteiger partial charge in [0.2, 0.25) is 5.91 Å². The summed E-state index contributed by atoms with van der Waals surface area (Å²) in [4.78, 5) is 35.3. The molecule has 0 aromatic rings. The largest absolute Gasteiger partial charge is 0.480 e. The van der Waals surface area contributed by atoms with Gasteiger partial charge in [0.25, 0.3) is 0 Å². The second-order valence-electron chi connectivity index (χ2n) is 5.03. The molecule has 122 valence electrons. The van der Waals surface area contributed by atoms with Crippen LogP contribution in [0.2, 0.25) is 0 Å². The summed E-state index contributed by atoms with van der Waals surface area (Å²) in [5.74, 6) is -1.79. The number of carboxylic acids is 1. The number of nitrogens with two attached hydrogens (primary N) is 1. The molecular formula is C13H26N4O4. The Morgan fingerprint density at radius 3 is 2.43 bits per heavy atom. The molecule has 0 saturated heterocycles. The van der Waals surface area contributed by atoms with E-state index in [2.05, 4.69) is 29.4 Å². The average Bonchev–Trinajstić information content (AvgIpc) is 2.41. The van der Waals surface area contributed by atoms with Crippen LogP contribution in [0.3, 0.4) is 0 Å². The number of urea groups is 1. The molecule has 0 heterocycles. The first-order valence-electron chi connectivity index (χ1n) is 7.03. The fourth-order valence-corrected chi connectivity index (χ4v) is 1.63. The third-order valence-corrected chi connectivity index (χ3v) is 3.38. The molecule has 0 aliphatic carbocycles. The molecule has 5 N–H and O–H groups in total. The third-order valence-electron chi connectivity index (χ3n) is 3.38. The number of hydrogen-bond donors (Lipinski definition) is 4. The molecule has 3 amide bonds. The zero-order valence-corrected chi connectivity index (χ0v) is 12.9. The maximum atomic E-state index is 11.6. The van der Waals surface area contributed by atoms with Gasteiger partial charge in [0.05, 0.1) is 0 Å². The topological polar surface area (TPSA) is 125 Å². The predicted molar refractivity (Wildman–Crippen MR) is 78.8 cm³/mol. The fourth-order valence-electron chi connectivity index (χ4n) is 1.63. The van der Waals surface area contributed by atoms with E-state index in [0.29, 0.717) is 19.1 Å². The zero-order chi connectivity index (χ0) is 16.4. The first kappa shape index (κ1) is 19.2. The Labute approximate surface area is 125 Å². The Morgan fingerprint density at radius 1 is 1.33 bits per heavy atom. The molecule has 0 aliphatic heterocycles. The van der Waals surface area contributed by atoms with Gasteiger partial charge in [0, 0.05) is 25.6 Å². The van der Waals surface area contributed by atoms with Crippen LogP contribution in [0.15, 0.2) is 0 Å². The van der Waals surface area contributed by atoms with E-state index in [-0.39, 0.29) is 12.8 Å². The quantitative estimate of drug-likeness (QED) is 0.442. The van der Waals surface area contributed by atoms with Crippen LogP contribution < -0.4 is 16.4 Å². The summed E-state index contributed by atoms with van der Waals surface area (Å²) in [6.45, 7) is 5.25. The molecule has 1 unspecified atom stereocenters. The van der Waals surface area contributed by atoms with Crippen LogP contribution in [0.5, 0.6) is 0 Å². The van der Waals surface area contributed by atoms with Crippen molar-refractivity contribution >= 4 is 17.9 Å². The minimum atomic E-state index is -1.19. The molecule has 2 atom stereocenters. The van der Waals surface area contributed by atoms with Crippen LogP contribution in [0.1, 0.15) is 33.1 Å². The van der Waals surface area contributed by atoms with Crippen LogP contribution in [0.4, 0.5) is 4.79 Å². The molecule has 0 aromatic heterocycles. The monoisotopic (exact) mass is 302 g/mol. The highest BCUT2D eigenvalue weighted by molar-refractivity contribution is 5.83. The first-order valence-corrected chi connectivity index (χ1v) is 7.03. The summed E-state index contributed by atoms with van der Waals surface area (Å²) in [6, 6.07) is -1.27. The van der Waals surface area contributed by atoms with Crippen molar-refractivity contribution in [3.63, 3.8) is 0 Å². The number of carboxylic acid groups (broad SMARTS) is 1. The fraction of sp³-hybridized carbons (Fsp3) is 0.769. The molecule has 8 heteroatoms. The van der Waals surface area contributed by atoms with Crippen LogP contribution in [-0.2, 0) is 9.59 Å². The first-order chi connectivity index (χ1) is 9.77. The van der Waals surface area contributed by atoms with Gasteiger partial charge in [-0.2, -0.15) is 0 Å². The van der Waals surface area contributed by atoms with Crippen molar-refractivity contribution in [3.05, 3.63) is 0 Å². The molecule has 0 bridgehead atoms. The van der Waals surface area contributed by atoms with Gasteiger partial charge in [-0.15, -0.1) is 0 Å². The van der Waals surface area contributed by atoms with Crippen molar-refractivity contribution in [1.29, 1.82) is 0 Å². The number of nitrogens with zero attached hydrogens (tertiary/aromatic N) is 1. The van der Waals surface area contributed by atoms with Crippen molar-refractivity contribution in [2.24, 2.45) is 5.73 Å². The van der Waals surface area contributed by atoms with E-state index >= 15 is 0 Å². The summed E-state index contributed by atoms with van der Waals surface area (Å²) in [6.07, 6.45) is 0.899. The minimum absolute atomic E-state index is 0.0230. The molecular weight excluding hydrogens is 276 g/mol.